The van der Waals surface area contributed by atoms with Crippen LogP contribution in [0, 0.1) is 23.7 Å². The normalized spacial score (nSPS) is 22.2. The summed E-state index contributed by atoms with van der Waals surface area (Å²) in [5, 5.41) is 18.6. The number of hydrogen-bond acceptors (Lipinski definition) is 7. The molecule has 0 bridgehead atoms. The third-order valence-electron chi connectivity index (χ3n) is 7.72. The first-order valence-electron chi connectivity index (χ1n) is 12.9. The zero-order valence-corrected chi connectivity index (χ0v) is 20.6. The molecule has 3 aromatic rings. The van der Waals surface area contributed by atoms with Gasteiger partial charge in [0.1, 0.15) is 11.3 Å². The zero-order valence-electron chi connectivity index (χ0n) is 20.6. The Hall–Kier alpha value is -3.59. The first-order valence-corrected chi connectivity index (χ1v) is 12.9. The third-order valence-corrected chi connectivity index (χ3v) is 7.72. The molecule has 9 heteroatoms. The molecule has 2 fully saturated rings. The third kappa shape index (κ3) is 5.56. The Bertz CT molecular complexity index is 1320. The van der Waals surface area contributed by atoms with E-state index in [4.69, 9.17) is 9.47 Å². The van der Waals surface area contributed by atoms with Gasteiger partial charge < -0.3 is 14.6 Å². The molecule has 2 heterocycles. The minimum atomic E-state index is -1.03. The zero-order chi connectivity index (χ0) is 25.8. The number of hydrogen-bond donors (Lipinski definition) is 1. The minimum absolute atomic E-state index is 0.108. The lowest BCUT2D eigenvalue weighted by Crippen LogP contribution is -2.34. The van der Waals surface area contributed by atoms with Crippen molar-refractivity contribution in [1.29, 1.82) is 0 Å². The van der Waals surface area contributed by atoms with E-state index >= 15 is 0 Å². The molecule has 9 nitrogen and oxygen atoms in total. The molecule has 37 heavy (non-hydrogen) atoms. The first-order chi connectivity index (χ1) is 18.0. The quantitative estimate of drug-likeness (QED) is 0.438. The summed E-state index contributed by atoms with van der Waals surface area (Å²) in [4.78, 5) is 38.4. The van der Waals surface area contributed by atoms with Crippen LogP contribution in [-0.2, 0) is 16.1 Å². The van der Waals surface area contributed by atoms with E-state index in [9.17, 15) is 19.5 Å². The van der Waals surface area contributed by atoms with Crippen LogP contribution in [0.2, 0.25) is 0 Å². The van der Waals surface area contributed by atoms with Gasteiger partial charge in [0.05, 0.1) is 24.5 Å². The van der Waals surface area contributed by atoms with Gasteiger partial charge in [-0.15, -0.1) is 5.10 Å². The fourth-order valence-corrected chi connectivity index (χ4v) is 5.63. The second-order valence-corrected chi connectivity index (χ2v) is 9.98. The number of rotatable bonds is 9. The molecule has 5 rings (SSSR count). The van der Waals surface area contributed by atoms with E-state index in [1.807, 2.05) is 0 Å². The van der Waals surface area contributed by atoms with E-state index in [-0.39, 0.29) is 17.9 Å². The van der Waals surface area contributed by atoms with E-state index in [0.717, 1.165) is 32.5 Å². The second kappa shape index (κ2) is 11.2. The van der Waals surface area contributed by atoms with E-state index in [1.165, 1.54) is 4.68 Å². The average molecular weight is 506 g/mol. The summed E-state index contributed by atoms with van der Waals surface area (Å²) in [5.41, 5.74) is 0.655. The van der Waals surface area contributed by atoms with E-state index in [2.05, 4.69) is 10.3 Å². The highest BCUT2D eigenvalue weighted by atomic mass is 16.5. The summed E-state index contributed by atoms with van der Waals surface area (Å²) in [7, 11) is 0. The summed E-state index contributed by atoms with van der Waals surface area (Å²) in [6.45, 7) is 2.35. The van der Waals surface area contributed by atoms with Crippen LogP contribution in [0.3, 0.4) is 0 Å². The molecule has 0 radical (unpaired) electrons. The van der Waals surface area contributed by atoms with Crippen LogP contribution in [0.5, 0.6) is 5.75 Å². The van der Waals surface area contributed by atoms with Gasteiger partial charge in [0.2, 0.25) is 0 Å². The van der Waals surface area contributed by atoms with Gasteiger partial charge in [-0.05, 0) is 80.3 Å². The average Bonchev–Trinajstić information content (AvgIpc) is 3.35. The van der Waals surface area contributed by atoms with Crippen LogP contribution >= 0.6 is 0 Å². The highest BCUT2D eigenvalue weighted by molar-refractivity contribution is 6.00. The van der Waals surface area contributed by atoms with Crippen molar-refractivity contribution in [3.05, 3.63) is 64.4 Å². The maximum absolute atomic E-state index is 13.3. The Morgan fingerprint density at radius 1 is 1.03 bits per heavy atom. The van der Waals surface area contributed by atoms with Gasteiger partial charge in [-0.25, -0.2) is 4.68 Å². The number of ketones is 1. The molecule has 1 saturated carbocycles. The molecule has 0 amide bonds. The number of fused-ring (bicyclic) bond motifs is 1. The van der Waals surface area contributed by atoms with Gasteiger partial charge in [-0.1, -0.05) is 17.3 Å². The molecule has 3 atom stereocenters. The molecule has 1 saturated heterocycles. The van der Waals surface area contributed by atoms with Gasteiger partial charge >= 0.3 is 5.97 Å². The number of carboxylic acid groups (broad SMARTS) is 1. The lowest BCUT2D eigenvalue weighted by molar-refractivity contribution is -0.144. The van der Waals surface area contributed by atoms with Gasteiger partial charge in [0.15, 0.2) is 5.78 Å². The minimum Gasteiger partial charge on any atom is -0.494 e. The molecule has 1 aliphatic heterocycles. The Morgan fingerprint density at radius 2 is 1.78 bits per heavy atom. The number of carboxylic acids is 1. The van der Waals surface area contributed by atoms with Gasteiger partial charge in [-0.3, -0.25) is 14.4 Å². The number of aliphatic carboxylic acids is 1. The van der Waals surface area contributed by atoms with Crippen molar-refractivity contribution >= 4 is 22.7 Å². The molecule has 194 valence electrons. The van der Waals surface area contributed by atoms with Crippen molar-refractivity contribution in [1.82, 2.24) is 15.0 Å². The maximum Gasteiger partial charge on any atom is 0.307 e. The lowest BCUT2D eigenvalue weighted by Gasteiger charge is -2.22. The molecular weight excluding hydrogens is 474 g/mol. The molecule has 3 unspecified atom stereocenters. The Labute approximate surface area is 214 Å². The van der Waals surface area contributed by atoms with Crippen LogP contribution in [0.1, 0.15) is 42.5 Å². The van der Waals surface area contributed by atoms with Gasteiger partial charge in [0, 0.05) is 24.7 Å². The van der Waals surface area contributed by atoms with Crippen LogP contribution in [0.25, 0.3) is 10.9 Å². The number of carbonyl (C=O) groups excluding carboxylic acids is 1. The van der Waals surface area contributed by atoms with Crippen molar-refractivity contribution in [2.75, 3.05) is 19.8 Å². The molecule has 1 aromatic heterocycles. The monoisotopic (exact) mass is 505 g/mol. The largest absolute Gasteiger partial charge is 0.494 e. The fourth-order valence-electron chi connectivity index (χ4n) is 5.63. The number of benzene rings is 2. The second-order valence-electron chi connectivity index (χ2n) is 9.98. The Balaban J connectivity index is 1.23. The van der Waals surface area contributed by atoms with Crippen LogP contribution in [0.15, 0.2) is 53.3 Å². The summed E-state index contributed by atoms with van der Waals surface area (Å²) in [5.74, 6) is -1.87. The molecule has 2 aliphatic rings. The van der Waals surface area contributed by atoms with E-state index in [0.29, 0.717) is 47.6 Å². The first kappa shape index (κ1) is 25.1. The van der Waals surface area contributed by atoms with E-state index in [1.54, 1.807) is 48.5 Å². The maximum atomic E-state index is 13.3. The number of Topliss-reactive ketones (excluding diaryl/α,β-unsaturated/α-hetero) is 1. The topological polar surface area (TPSA) is 121 Å². The lowest BCUT2D eigenvalue weighted by atomic mass is 9.84. The highest BCUT2D eigenvalue weighted by Gasteiger charge is 2.45. The Kier molecular flexibility index (Phi) is 7.60. The van der Waals surface area contributed by atoms with Gasteiger partial charge in [-0.2, -0.15) is 0 Å². The fraction of sp³-hybridized carbons (Fsp3) is 0.464. The van der Waals surface area contributed by atoms with Crippen molar-refractivity contribution < 1.29 is 24.2 Å². The van der Waals surface area contributed by atoms with E-state index < -0.39 is 23.7 Å². The molecule has 0 spiro atoms. The predicted molar refractivity (Wildman–Crippen MR) is 136 cm³/mol. The molecule has 1 N–H and O–H groups in total. The number of carbonyl (C=O) groups is 2. The summed E-state index contributed by atoms with van der Waals surface area (Å²) >= 11 is 0. The molecule has 1 aliphatic carbocycles. The Morgan fingerprint density at radius 3 is 2.54 bits per heavy atom. The number of nitrogens with zero attached hydrogens (tertiary/aromatic N) is 3. The van der Waals surface area contributed by atoms with Crippen molar-refractivity contribution in [2.45, 2.75) is 38.6 Å². The van der Waals surface area contributed by atoms with Crippen LogP contribution in [0.4, 0.5) is 0 Å². The predicted octanol–water partition coefficient (Wildman–Crippen LogP) is 3.60. The van der Waals surface area contributed by atoms with Gasteiger partial charge in [0.25, 0.3) is 5.56 Å². The highest BCUT2D eigenvalue weighted by Crippen LogP contribution is 2.40. The number of aromatic nitrogens is 3. The molecule has 2 aromatic carbocycles. The number of ether oxygens (including phenoxy) is 2. The summed E-state index contributed by atoms with van der Waals surface area (Å²) < 4.78 is 12.5. The molecular formula is C28H31N3O6. The SMILES string of the molecule is O=C(c1ccc(OCCC2CCOCC2)cc1)C1CCC(Cn2nnc3ccccc3c2=O)C1C(=O)O. The van der Waals surface area contributed by atoms with Crippen molar-refractivity contribution in [3.8, 4) is 5.75 Å². The standard InChI is InChI=1S/C28H31N3O6/c32-26(19-5-8-21(9-6-19)37-16-13-18-11-14-36-15-12-18)23-10-7-20(25(23)28(34)35)17-31-27(33)22-3-1-2-4-24(22)29-30-31/h1-6,8-9,18,20,23,25H,7,10-17H2,(H,34,35). The van der Waals surface area contributed by atoms with Crippen molar-refractivity contribution in [3.63, 3.8) is 0 Å². The smallest absolute Gasteiger partial charge is 0.307 e. The van der Waals surface area contributed by atoms with Crippen LogP contribution in [-0.4, -0.2) is 51.7 Å². The van der Waals surface area contributed by atoms with Crippen LogP contribution < -0.4 is 10.3 Å². The summed E-state index contributed by atoms with van der Waals surface area (Å²) in [6.07, 6.45) is 4.05. The van der Waals surface area contributed by atoms with Crippen molar-refractivity contribution in [2.24, 2.45) is 23.7 Å². The summed E-state index contributed by atoms with van der Waals surface area (Å²) in [6, 6.07) is 13.9.